The third-order valence-corrected chi connectivity index (χ3v) is 10.5. The molecule has 164 valence electrons. The third-order valence-electron chi connectivity index (χ3n) is 10.5. The lowest BCUT2D eigenvalue weighted by atomic mass is 9.49. The normalized spacial score (nSPS) is 51.7. The van der Waals surface area contributed by atoms with Crippen LogP contribution in [-0.4, -0.2) is 17.5 Å². The second kappa shape index (κ2) is 7.43. The van der Waals surface area contributed by atoms with E-state index >= 15 is 0 Å². The highest BCUT2D eigenvalue weighted by Crippen LogP contribution is 2.68. The SMILES string of the molecule is C/C(N)=N/N(N)CC1CC1C1CCC2C3CCC4CC(C)CCC4C3CCC12C. The maximum absolute atomic E-state index is 6.07. The van der Waals surface area contributed by atoms with Crippen LogP contribution in [0.15, 0.2) is 5.10 Å². The highest BCUT2D eigenvalue weighted by molar-refractivity contribution is 5.77. The van der Waals surface area contributed by atoms with Crippen LogP contribution in [0.25, 0.3) is 0 Å². The summed E-state index contributed by atoms with van der Waals surface area (Å²) in [4.78, 5) is 0. The lowest BCUT2D eigenvalue weighted by Gasteiger charge is -2.56. The van der Waals surface area contributed by atoms with Gasteiger partial charge in [-0.2, -0.15) is 0 Å². The molecular formula is C25H44N4. The Kier molecular flexibility index (Phi) is 5.16. The van der Waals surface area contributed by atoms with Crippen molar-refractivity contribution in [3.63, 3.8) is 0 Å². The minimum atomic E-state index is 0.559. The Morgan fingerprint density at radius 2 is 1.66 bits per heavy atom. The van der Waals surface area contributed by atoms with E-state index in [2.05, 4.69) is 18.9 Å². The van der Waals surface area contributed by atoms with E-state index < -0.39 is 0 Å². The summed E-state index contributed by atoms with van der Waals surface area (Å²) in [5, 5.41) is 5.81. The van der Waals surface area contributed by atoms with Gasteiger partial charge in [0, 0.05) is 0 Å². The van der Waals surface area contributed by atoms with Gasteiger partial charge in [-0.05, 0) is 123 Å². The fraction of sp³-hybridized carbons (Fsp3) is 0.960. The van der Waals surface area contributed by atoms with E-state index in [4.69, 9.17) is 11.6 Å². The first-order chi connectivity index (χ1) is 13.9. The van der Waals surface area contributed by atoms with E-state index in [0.29, 0.717) is 11.3 Å². The number of hydrazine groups is 1. The van der Waals surface area contributed by atoms with Gasteiger partial charge in [0.25, 0.3) is 0 Å². The van der Waals surface area contributed by atoms with E-state index in [-0.39, 0.29) is 0 Å². The Labute approximate surface area is 178 Å². The molecule has 5 aliphatic rings. The van der Waals surface area contributed by atoms with E-state index in [1.54, 1.807) is 11.5 Å². The zero-order chi connectivity index (χ0) is 20.3. The summed E-state index contributed by atoms with van der Waals surface area (Å²) in [5.41, 5.74) is 6.30. The van der Waals surface area contributed by atoms with E-state index in [9.17, 15) is 0 Å². The number of rotatable bonds is 4. The molecule has 0 aromatic carbocycles. The van der Waals surface area contributed by atoms with Crippen LogP contribution in [0.4, 0.5) is 0 Å². The van der Waals surface area contributed by atoms with Crippen LogP contribution in [0, 0.1) is 58.7 Å². The first-order valence-corrected chi connectivity index (χ1v) is 12.7. The Morgan fingerprint density at radius 3 is 2.41 bits per heavy atom. The van der Waals surface area contributed by atoms with Crippen LogP contribution in [0.2, 0.25) is 0 Å². The minimum absolute atomic E-state index is 0.559. The number of nitrogens with two attached hydrogens (primary N) is 2. The molecular weight excluding hydrogens is 356 g/mol. The second-order valence-corrected chi connectivity index (χ2v) is 12.1. The standard InChI is InChI=1S/C25H44N4/c1-15-4-6-19-17(12-15)5-7-21-20(19)10-11-25(3)23(21)8-9-24(25)22-13-18(22)14-29(27)28-16(2)26/h15,17-24H,4-14,27H2,1-3H3,(H2,26,28). The van der Waals surface area contributed by atoms with Crippen LogP contribution in [0.3, 0.4) is 0 Å². The zero-order valence-corrected chi connectivity index (χ0v) is 19.0. The van der Waals surface area contributed by atoms with Gasteiger partial charge in [0.15, 0.2) is 0 Å². The summed E-state index contributed by atoms with van der Waals surface area (Å²) in [6, 6.07) is 0. The van der Waals surface area contributed by atoms with Crippen molar-refractivity contribution >= 4 is 5.84 Å². The molecule has 0 bridgehead atoms. The molecule has 0 amide bonds. The minimum Gasteiger partial charge on any atom is -0.386 e. The molecule has 29 heavy (non-hydrogen) atoms. The van der Waals surface area contributed by atoms with Gasteiger partial charge in [-0.15, -0.1) is 5.10 Å². The molecule has 0 heterocycles. The smallest absolute Gasteiger partial charge is 0.118 e. The number of nitrogens with zero attached hydrogens (tertiary/aromatic N) is 2. The Balaban J connectivity index is 1.25. The fourth-order valence-corrected chi connectivity index (χ4v) is 9.29. The van der Waals surface area contributed by atoms with Crippen molar-refractivity contribution < 1.29 is 0 Å². The highest BCUT2D eigenvalue weighted by atomic mass is 15.6. The van der Waals surface area contributed by atoms with Crippen molar-refractivity contribution in [2.45, 2.75) is 85.0 Å². The first kappa shape index (κ1) is 20.2. The van der Waals surface area contributed by atoms with Gasteiger partial charge in [-0.1, -0.05) is 20.3 Å². The summed E-state index contributed by atoms with van der Waals surface area (Å²) in [7, 11) is 0. The molecule has 0 radical (unpaired) electrons. The third kappa shape index (κ3) is 3.51. The van der Waals surface area contributed by atoms with Crippen molar-refractivity contribution in [1.29, 1.82) is 0 Å². The summed E-state index contributed by atoms with van der Waals surface area (Å²) < 4.78 is 0. The Bertz CT molecular complexity index is 643. The predicted molar refractivity (Wildman–Crippen MR) is 120 cm³/mol. The molecule has 5 fully saturated rings. The second-order valence-electron chi connectivity index (χ2n) is 12.1. The van der Waals surface area contributed by atoms with E-state index in [1.165, 1.54) is 57.8 Å². The molecule has 5 saturated carbocycles. The molecule has 0 aromatic rings. The summed E-state index contributed by atoms with van der Waals surface area (Å²) in [6.45, 7) is 7.88. The van der Waals surface area contributed by atoms with E-state index in [0.717, 1.165) is 59.8 Å². The summed E-state index contributed by atoms with van der Waals surface area (Å²) >= 11 is 0. The first-order valence-electron chi connectivity index (χ1n) is 12.7. The van der Waals surface area contributed by atoms with Crippen molar-refractivity contribution in [1.82, 2.24) is 5.12 Å². The molecule has 4 nitrogen and oxygen atoms in total. The quantitative estimate of drug-likeness (QED) is 0.302. The lowest BCUT2D eigenvalue weighted by molar-refractivity contribution is -0.0700. The predicted octanol–water partition coefficient (Wildman–Crippen LogP) is 5.00. The van der Waals surface area contributed by atoms with Gasteiger partial charge >= 0.3 is 0 Å². The van der Waals surface area contributed by atoms with Gasteiger partial charge in [0.2, 0.25) is 0 Å². The average molecular weight is 401 g/mol. The van der Waals surface area contributed by atoms with E-state index in [1.807, 2.05) is 6.92 Å². The summed E-state index contributed by atoms with van der Waals surface area (Å²) in [6.07, 6.45) is 15.0. The molecule has 4 heteroatoms. The largest absolute Gasteiger partial charge is 0.386 e. The number of hydrogen-bond donors (Lipinski definition) is 2. The molecule has 10 atom stereocenters. The molecule has 4 N–H and O–H groups in total. The molecule has 10 unspecified atom stereocenters. The molecule has 5 rings (SSSR count). The maximum atomic E-state index is 6.07. The maximum Gasteiger partial charge on any atom is 0.118 e. The van der Waals surface area contributed by atoms with Crippen molar-refractivity contribution in [2.24, 2.45) is 75.4 Å². The van der Waals surface area contributed by atoms with Crippen molar-refractivity contribution in [3.8, 4) is 0 Å². The molecule has 0 aromatic heterocycles. The molecule has 5 aliphatic carbocycles. The van der Waals surface area contributed by atoms with Gasteiger partial charge < -0.3 is 5.73 Å². The average Bonchev–Trinajstić information content (AvgIpc) is 3.30. The zero-order valence-electron chi connectivity index (χ0n) is 19.0. The van der Waals surface area contributed by atoms with Crippen LogP contribution in [0.1, 0.15) is 85.0 Å². The molecule has 0 aliphatic heterocycles. The van der Waals surface area contributed by atoms with Gasteiger partial charge in [-0.3, -0.25) is 0 Å². The van der Waals surface area contributed by atoms with Gasteiger partial charge in [0.1, 0.15) is 5.84 Å². The molecule has 0 spiro atoms. The van der Waals surface area contributed by atoms with Crippen LogP contribution >= 0.6 is 0 Å². The highest BCUT2D eigenvalue weighted by Gasteiger charge is 2.61. The lowest BCUT2D eigenvalue weighted by Crippen LogP contribution is -2.48. The van der Waals surface area contributed by atoms with Crippen LogP contribution in [0.5, 0.6) is 0 Å². The van der Waals surface area contributed by atoms with Crippen molar-refractivity contribution in [3.05, 3.63) is 0 Å². The number of hydrazone groups is 1. The monoisotopic (exact) mass is 400 g/mol. The van der Waals surface area contributed by atoms with Crippen LogP contribution in [-0.2, 0) is 0 Å². The number of hydrogen-bond acceptors (Lipinski definition) is 3. The summed E-state index contributed by atoms with van der Waals surface area (Å²) in [5.74, 6) is 15.4. The van der Waals surface area contributed by atoms with Crippen LogP contribution < -0.4 is 11.6 Å². The Hall–Kier alpha value is -0.770. The topological polar surface area (TPSA) is 67.6 Å². The molecule has 0 saturated heterocycles. The number of fused-ring (bicyclic) bond motifs is 5. The van der Waals surface area contributed by atoms with Gasteiger partial charge in [-0.25, -0.2) is 11.0 Å². The number of amidine groups is 1. The van der Waals surface area contributed by atoms with Gasteiger partial charge in [0.05, 0.1) is 6.54 Å². The fourth-order valence-electron chi connectivity index (χ4n) is 9.29. The Morgan fingerprint density at radius 1 is 0.931 bits per heavy atom. The van der Waals surface area contributed by atoms with Crippen molar-refractivity contribution in [2.75, 3.05) is 6.54 Å².